The van der Waals surface area contributed by atoms with Gasteiger partial charge in [0.25, 0.3) is 0 Å². The third-order valence-corrected chi connectivity index (χ3v) is 11.6. The number of rotatable bonds is 25. The van der Waals surface area contributed by atoms with Crippen LogP contribution in [0.25, 0.3) is 24.3 Å². The minimum Gasteiger partial charge on any atom is -0.493 e. The van der Waals surface area contributed by atoms with Gasteiger partial charge in [0, 0.05) is 48.6 Å². The molecular formula is C44H58N2O6S2+2. The number of aryl methyl sites for hydroxylation is 2. The zero-order valence-electron chi connectivity index (χ0n) is 32.9. The first-order chi connectivity index (χ1) is 26.5. The Hall–Kier alpha value is -4.28. The summed E-state index contributed by atoms with van der Waals surface area (Å²) in [5, 5.41) is 0. The zero-order chi connectivity index (χ0) is 38.4. The largest absolute Gasteiger partial charge is 0.493 e. The Labute approximate surface area is 330 Å². The molecule has 0 bridgehead atoms. The first kappa shape index (κ1) is 42.5. The molecule has 2 aromatic carbocycles. The van der Waals surface area contributed by atoms with Crippen LogP contribution in [-0.4, -0.2) is 54.2 Å². The highest BCUT2D eigenvalue weighted by Crippen LogP contribution is 2.39. The third kappa shape index (κ3) is 13.9. The summed E-state index contributed by atoms with van der Waals surface area (Å²) in [6, 6.07) is 16.4. The van der Waals surface area contributed by atoms with Gasteiger partial charge in [0.2, 0.25) is 11.5 Å². The van der Waals surface area contributed by atoms with Crippen LogP contribution >= 0.6 is 21.6 Å². The van der Waals surface area contributed by atoms with Crippen LogP contribution in [0.2, 0.25) is 0 Å². The molecule has 0 aliphatic rings. The maximum absolute atomic E-state index is 5.47. The van der Waals surface area contributed by atoms with Crippen LogP contribution < -0.4 is 37.6 Å². The molecule has 4 rings (SSSR count). The molecule has 0 aliphatic carbocycles. The molecule has 2 aromatic heterocycles. The Bertz CT molecular complexity index is 1570. The van der Waals surface area contributed by atoms with Crippen LogP contribution in [0.3, 0.4) is 0 Å². The van der Waals surface area contributed by atoms with E-state index >= 15 is 0 Å². The van der Waals surface area contributed by atoms with E-state index in [9.17, 15) is 0 Å². The Kier molecular flexibility index (Phi) is 19.0. The minimum atomic E-state index is 0.601. The average molecular weight is 775 g/mol. The van der Waals surface area contributed by atoms with Crippen molar-refractivity contribution in [1.29, 1.82) is 0 Å². The first-order valence-electron chi connectivity index (χ1n) is 18.7. The molecule has 2 heterocycles. The molecule has 0 spiro atoms. The number of hydrogen-bond donors (Lipinski definition) is 0. The van der Waals surface area contributed by atoms with E-state index in [4.69, 9.17) is 28.4 Å². The summed E-state index contributed by atoms with van der Waals surface area (Å²) in [4.78, 5) is 0. The van der Waals surface area contributed by atoms with E-state index in [1.165, 1.54) is 62.9 Å². The highest BCUT2D eigenvalue weighted by molar-refractivity contribution is 8.76. The average Bonchev–Trinajstić information content (AvgIpc) is 3.22. The van der Waals surface area contributed by atoms with Crippen LogP contribution in [0.5, 0.6) is 34.5 Å². The number of methoxy groups -OCH3 is 6. The van der Waals surface area contributed by atoms with Gasteiger partial charge < -0.3 is 28.4 Å². The van der Waals surface area contributed by atoms with Gasteiger partial charge in [0.1, 0.15) is 13.1 Å². The van der Waals surface area contributed by atoms with E-state index < -0.39 is 0 Å². The summed E-state index contributed by atoms with van der Waals surface area (Å²) in [7, 11) is 13.9. The number of pyridine rings is 2. The van der Waals surface area contributed by atoms with Crippen molar-refractivity contribution >= 4 is 45.9 Å². The lowest BCUT2D eigenvalue weighted by Gasteiger charge is -2.12. The van der Waals surface area contributed by atoms with E-state index in [-0.39, 0.29) is 0 Å². The number of aromatic nitrogens is 2. The molecule has 0 fully saturated rings. The van der Waals surface area contributed by atoms with Gasteiger partial charge in [-0.2, -0.15) is 0 Å². The fourth-order valence-corrected chi connectivity index (χ4v) is 8.27. The molecule has 0 unspecified atom stereocenters. The molecule has 0 aliphatic heterocycles. The minimum absolute atomic E-state index is 0.601. The monoisotopic (exact) mass is 774 g/mol. The molecule has 54 heavy (non-hydrogen) atoms. The number of unbranched alkanes of at least 4 members (excludes halogenated alkanes) is 6. The van der Waals surface area contributed by atoms with Crippen LogP contribution in [-0.2, 0) is 13.1 Å². The Morgan fingerprint density at radius 3 is 1.04 bits per heavy atom. The summed E-state index contributed by atoms with van der Waals surface area (Å²) in [5.41, 5.74) is 4.28. The van der Waals surface area contributed by atoms with Crippen molar-refractivity contribution in [2.45, 2.75) is 64.5 Å². The van der Waals surface area contributed by atoms with Crippen molar-refractivity contribution in [3.05, 3.63) is 95.6 Å². The SMILES string of the molecule is COc1cc(/C=C/c2cc[n+](CCCCCCSSCCCCCC[n+]3ccc(/C=C/c4cc(OC)c(OC)c(OC)c4)cc3)cc2)cc(OC)c1OC. The van der Waals surface area contributed by atoms with Gasteiger partial charge in [-0.1, -0.05) is 58.7 Å². The number of ether oxygens (including phenoxy) is 6. The quantitative estimate of drug-likeness (QED) is 0.0375. The lowest BCUT2D eigenvalue weighted by Crippen LogP contribution is -2.32. The van der Waals surface area contributed by atoms with Gasteiger partial charge in [-0.05, 0) is 72.2 Å². The van der Waals surface area contributed by atoms with Gasteiger partial charge >= 0.3 is 0 Å². The van der Waals surface area contributed by atoms with Gasteiger partial charge in [0.05, 0.1) is 42.7 Å². The van der Waals surface area contributed by atoms with Gasteiger partial charge in [-0.3, -0.25) is 0 Å². The van der Waals surface area contributed by atoms with Crippen LogP contribution in [0.4, 0.5) is 0 Å². The molecule has 0 atom stereocenters. The molecule has 0 radical (unpaired) electrons. The molecule has 0 amide bonds. The molecule has 0 saturated carbocycles. The fraction of sp³-hybridized carbons (Fsp3) is 0.409. The number of hydrogen-bond acceptors (Lipinski definition) is 8. The first-order valence-corrected chi connectivity index (χ1v) is 21.2. The number of benzene rings is 2. The van der Waals surface area contributed by atoms with E-state index in [1.807, 2.05) is 45.9 Å². The lowest BCUT2D eigenvalue weighted by molar-refractivity contribution is -0.697. The maximum Gasteiger partial charge on any atom is 0.203 e. The molecule has 290 valence electrons. The Morgan fingerprint density at radius 2 is 0.722 bits per heavy atom. The van der Waals surface area contributed by atoms with Crippen molar-refractivity contribution in [3.8, 4) is 34.5 Å². The van der Waals surface area contributed by atoms with Crippen molar-refractivity contribution in [3.63, 3.8) is 0 Å². The molecular weight excluding hydrogens is 717 g/mol. The topological polar surface area (TPSA) is 63.1 Å². The Morgan fingerprint density at radius 1 is 0.407 bits per heavy atom. The second-order valence-electron chi connectivity index (χ2n) is 12.8. The summed E-state index contributed by atoms with van der Waals surface area (Å²) in [6.07, 6.45) is 27.1. The second-order valence-corrected chi connectivity index (χ2v) is 15.5. The van der Waals surface area contributed by atoms with E-state index in [2.05, 4.69) is 82.5 Å². The molecule has 10 heteroatoms. The van der Waals surface area contributed by atoms with Crippen LogP contribution in [0.1, 0.15) is 73.6 Å². The van der Waals surface area contributed by atoms with Crippen molar-refractivity contribution in [2.24, 2.45) is 0 Å². The second kappa shape index (κ2) is 24.2. The summed E-state index contributed by atoms with van der Waals surface area (Å²) in [6.45, 7) is 2.11. The molecule has 8 nitrogen and oxygen atoms in total. The standard InChI is InChI=1S/C44H58N2O6S2/c1-47-39-31-37(32-40(48-2)43(39)51-5)17-15-35-19-25-45(26-20-35)23-11-7-9-13-29-53-54-30-14-10-8-12-24-46-27-21-36(22-28-46)16-18-38-33-41(49-3)44(52-6)42(34-38)50-4/h15-22,25-28,31-34H,7-14,23-24,29-30H2,1-6H3/q+2/b17-15+,18-16+. The summed E-state index contributed by atoms with van der Waals surface area (Å²) in [5.74, 6) is 6.29. The smallest absolute Gasteiger partial charge is 0.203 e. The van der Waals surface area contributed by atoms with E-state index in [0.29, 0.717) is 34.5 Å². The molecule has 0 saturated heterocycles. The summed E-state index contributed by atoms with van der Waals surface area (Å²) >= 11 is 0. The van der Waals surface area contributed by atoms with Crippen LogP contribution in [0.15, 0.2) is 73.3 Å². The predicted octanol–water partition coefficient (Wildman–Crippen LogP) is 9.86. The van der Waals surface area contributed by atoms with Gasteiger partial charge in [-0.15, -0.1) is 0 Å². The maximum atomic E-state index is 5.47. The molecule has 0 N–H and O–H groups in total. The highest BCUT2D eigenvalue weighted by atomic mass is 33.1. The fourth-order valence-electron chi connectivity index (χ4n) is 5.97. The van der Waals surface area contributed by atoms with Gasteiger partial charge in [-0.25, -0.2) is 9.13 Å². The van der Waals surface area contributed by atoms with Crippen molar-refractivity contribution in [2.75, 3.05) is 54.2 Å². The van der Waals surface area contributed by atoms with Crippen molar-refractivity contribution < 1.29 is 37.6 Å². The highest BCUT2D eigenvalue weighted by Gasteiger charge is 2.13. The number of nitrogens with zero attached hydrogens (tertiary/aromatic N) is 2. The van der Waals surface area contributed by atoms with E-state index in [0.717, 1.165) is 35.3 Å². The molecule has 4 aromatic rings. The predicted molar refractivity (Wildman–Crippen MR) is 225 cm³/mol. The lowest BCUT2D eigenvalue weighted by atomic mass is 10.1. The van der Waals surface area contributed by atoms with Crippen LogP contribution in [0, 0.1) is 0 Å². The Balaban J connectivity index is 0.997. The van der Waals surface area contributed by atoms with Crippen molar-refractivity contribution in [1.82, 2.24) is 0 Å². The third-order valence-electron chi connectivity index (χ3n) is 9.02. The van der Waals surface area contributed by atoms with E-state index in [1.54, 1.807) is 42.7 Å². The van der Waals surface area contributed by atoms with Gasteiger partial charge in [0.15, 0.2) is 47.8 Å². The summed E-state index contributed by atoms with van der Waals surface area (Å²) < 4.78 is 37.3. The normalized spacial score (nSPS) is 11.3. The zero-order valence-corrected chi connectivity index (χ0v) is 34.5.